The van der Waals surface area contributed by atoms with E-state index in [-0.39, 0.29) is 5.92 Å². The predicted octanol–water partition coefficient (Wildman–Crippen LogP) is 1.61. The van der Waals surface area contributed by atoms with Crippen LogP contribution in [0.25, 0.3) is 0 Å². The third kappa shape index (κ3) is 2.50. The minimum atomic E-state index is 0.00395. The second-order valence-corrected chi connectivity index (χ2v) is 4.57. The molecule has 1 saturated heterocycles. The van der Waals surface area contributed by atoms with E-state index < -0.39 is 0 Å². The van der Waals surface area contributed by atoms with Crippen molar-refractivity contribution in [2.45, 2.75) is 32.7 Å². The van der Waals surface area contributed by atoms with Crippen molar-refractivity contribution >= 4 is 5.78 Å². The Balaban J connectivity index is 1.99. The van der Waals surface area contributed by atoms with E-state index in [1.54, 1.807) is 0 Å². The Morgan fingerprint density at radius 3 is 3.06 bits per heavy atom. The largest absolute Gasteiger partial charge is 0.380 e. The molecule has 4 heteroatoms. The first-order chi connectivity index (χ1) is 7.66. The lowest BCUT2D eigenvalue weighted by Crippen LogP contribution is -2.29. The van der Waals surface area contributed by atoms with Crippen molar-refractivity contribution in [1.82, 2.24) is 9.78 Å². The number of rotatable bonds is 3. The Morgan fingerprint density at radius 2 is 2.44 bits per heavy atom. The zero-order valence-corrected chi connectivity index (χ0v) is 9.85. The Labute approximate surface area is 95.6 Å². The topological polar surface area (TPSA) is 44.1 Å². The minimum absolute atomic E-state index is 0.00395. The standard InChI is InChI=1S/C12H18N2O2/c1-9(2)14-5-3-11(13-14)7-10-8-16-6-4-12(10)15/h3,5,9-10H,4,6-8H2,1-2H3. The van der Waals surface area contributed by atoms with Crippen LogP contribution in [0.2, 0.25) is 0 Å². The highest BCUT2D eigenvalue weighted by Crippen LogP contribution is 2.15. The average molecular weight is 222 g/mol. The summed E-state index contributed by atoms with van der Waals surface area (Å²) in [4.78, 5) is 11.6. The number of hydrogen-bond acceptors (Lipinski definition) is 3. The number of ether oxygens (including phenoxy) is 1. The van der Waals surface area contributed by atoms with Gasteiger partial charge in [0.25, 0.3) is 0 Å². The minimum Gasteiger partial charge on any atom is -0.380 e. The molecule has 0 saturated carbocycles. The lowest BCUT2D eigenvalue weighted by molar-refractivity contribution is -0.130. The molecule has 1 unspecified atom stereocenters. The van der Waals surface area contributed by atoms with E-state index in [0.29, 0.717) is 37.9 Å². The van der Waals surface area contributed by atoms with Crippen molar-refractivity contribution in [1.29, 1.82) is 0 Å². The first kappa shape index (κ1) is 11.3. The maximum Gasteiger partial charge on any atom is 0.140 e. The van der Waals surface area contributed by atoms with Crippen LogP contribution in [0.1, 0.15) is 32.0 Å². The van der Waals surface area contributed by atoms with Gasteiger partial charge in [-0.2, -0.15) is 5.10 Å². The van der Waals surface area contributed by atoms with Gasteiger partial charge in [0.15, 0.2) is 0 Å². The maximum atomic E-state index is 11.6. The molecule has 1 aliphatic heterocycles. The monoisotopic (exact) mass is 222 g/mol. The van der Waals surface area contributed by atoms with E-state index in [1.165, 1.54) is 0 Å². The first-order valence-corrected chi connectivity index (χ1v) is 5.81. The quantitative estimate of drug-likeness (QED) is 0.780. The summed E-state index contributed by atoms with van der Waals surface area (Å²) >= 11 is 0. The van der Waals surface area contributed by atoms with E-state index >= 15 is 0 Å². The number of nitrogens with zero attached hydrogens (tertiary/aromatic N) is 2. The Kier molecular flexibility index (Phi) is 3.39. The molecule has 2 rings (SSSR count). The molecule has 1 fully saturated rings. The molecule has 0 bridgehead atoms. The van der Waals surface area contributed by atoms with Crippen LogP contribution in [-0.2, 0) is 16.0 Å². The lowest BCUT2D eigenvalue weighted by Gasteiger charge is -2.19. The van der Waals surface area contributed by atoms with Gasteiger partial charge < -0.3 is 4.74 Å². The Morgan fingerprint density at radius 1 is 1.62 bits per heavy atom. The normalized spacial score (nSPS) is 21.7. The van der Waals surface area contributed by atoms with E-state index in [9.17, 15) is 4.79 Å². The summed E-state index contributed by atoms with van der Waals surface area (Å²) in [6.45, 7) is 5.31. The molecule has 0 amide bonds. The summed E-state index contributed by atoms with van der Waals surface area (Å²) < 4.78 is 7.24. The van der Waals surface area contributed by atoms with Crippen LogP contribution in [0.15, 0.2) is 12.3 Å². The smallest absolute Gasteiger partial charge is 0.140 e. The molecule has 2 heterocycles. The molecular weight excluding hydrogens is 204 g/mol. The fourth-order valence-electron chi connectivity index (χ4n) is 1.89. The molecule has 16 heavy (non-hydrogen) atoms. The molecule has 1 aliphatic rings. The van der Waals surface area contributed by atoms with Crippen LogP contribution in [0, 0.1) is 5.92 Å². The number of hydrogen-bond donors (Lipinski definition) is 0. The highest BCUT2D eigenvalue weighted by Gasteiger charge is 2.23. The van der Waals surface area contributed by atoms with Crippen LogP contribution in [-0.4, -0.2) is 28.8 Å². The second kappa shape index (κ2) is 4.78. The van der Waals surface area contributed by atoms with Crippen LogP contribution in [0.3, 0.4) is 0 Å². The molecule has 1 aromatic heterocycles. The molecule has 1 aromatic rings. The van der Waals surface area contributed by atoms with Crippen molar-refractivity contribution in [3.63, 3.8) is 0 Å². The zero-order valence-electron chi connectivity index (χ0n) is 9.85. The van der Waals surface area contributed by atoms with Crippen molar-refractivity contribution in [3.8, 4) is 0 Å². The first-order valence-electron chi connectivity index (χ1n) is 5.81. The van der Waals surface area contributed by atoms with E-state index in [1.807, 2.05) is 16.9 Å². The van der Waals surface area contributed by atoms with E-state index in [0.717, 1.165) is 5.69 Å². The summed E-state index contributed by atoms with van der Waals surface area (Å²) in [5.74, 6) is 0.314. The SMILES string of the molecule is CC(C)n1ccc(CC2COCCC2=O)n1. The van der Waals surface area contributed by atoms with Gasteiger partial charge in [0.05, 0.1) is 18.9 Å². The van der Waals surface area contributed by atoms with Gasteiger partial charge in [0.2, 0.25) is 0 Å². The van der Waals surface area contributed by atoms with Crippen LogP contribution in [0.4, 0.5) is 0 Å². The van der Waals surface area contributed by atoms with Gasteiger partial charge >= 0.3 is 0 Å². The summed E-state index contributed by atoms with van der Waals surface area (Å²) in [6.07, 6.45) is 3.22. The summed E-state index contributed by atoms with van der Waals surface area (Å²) in [6, 6.07) is 2.36. The molecule has 0 aliphatic carbocycles. The highest BCUT2D eigenvalue weighted by atomic mass is 16.5. The fraction of sp³-hybridized carbons (Fsp3) is 0.667. The fourth-order valence-corrected chi connectivity index (χ4v) is 1.89. The van der Waals surface area contributed by atoms with Gasteiger partial charge in [0.1, 0.15) is 5.78 Å². The number of ketones is 1. The van der Waals surface area contributed by atoms with Gasteiger partial charge in [-0.15, -0.1) is 0 Å². The Hall–Kier alpha value is -1.16. The number of carbonyl (C=O) groups excluding carboxylic acids is 1. The van der Waals surface area contributed by atoms with E-state index in [2.05, 4.69) is 18.9 Å². The van der Waals surface area contributed by atoms with Gasteiger partial charge in [-0.05, 0) is 19.9 Å². The van der Waals surface area contributed by atoms with Gasteiger partial charge in [-0.25, -0.2) is 0 Å². The van der Waals surface area contributed by atoms with Crippen molar-refractivity contribution in [2.24, 2.45) is 5.92 Å². The second-order valence-electron chi connectivity index (χ2n) is 4.57. The summed E-state index contributed by atoms with van der Waals surface area (Å²) in [7, 11) is 0. The molecule has 88 valence electrons. The Bertz CT molecular complexity index is 371. The molecule has 0 aromatic carbocycles. The van der Waals surface area contributed by atoms with Crippen LogP contribution < -0.4 is 0 Å². The van der Waals surface area contributed by atoms with Crippen molar-refractivity contribution in [3.05, 3.63) is 18.0 Å². The third-order valence-electron chi connectivity index (χ3n) is 2.92. The number of carbonyl (C=O) groups is 1. The third-order valence-corrected chi connectivity index (χ3v) is 2.92. The van der Waals surface area contributed by atoms with E-state index in [4.69, 9.17) is 4.74 Å². The summed E-state index contributed by atoms with van der Waals surface area (Å²) in [5.41, 5.74) is 0.984. The average Bonchev–Trinajstić information content (AvgIpc) is 2.70. The van der Waals surface area contributed by atoms with Crippen molar-refractivity contribution in [2.75, 3.05) is 13.2 Å². The van der Waals surface area contributed by atoms with Gasteiger partial charge in [0, 0.05) is 31.0 Å². The molecule has 1 atom stereocenters. The van der Waals surface area contributed by atoms with Gasteiger partial charge in [-0.3, -0.25) is 9.48 Å². The predicted molar refractivity (Wildman–Crippen MR) is 60.2 cm³/mol. The molecular formula is C12H18N2O2. The molecule has 0 N–H and O–H groups in total. The number of aromatic nitrogens is 2. The van der Waals surface area contributed by atoms with Crippen LogP contribution >= 0.6 is 0 Å². The molecule has 0 spiro atoms. The maximum absolute atomic E-state index is 11.6. The molecule has 0 radical (unpaired) electrons. The number of Topliss-reactive ketones (excluding diaryl/α,β-unsaturated/α-hetero) is 1. The zero-order chi connectivity index (χ0) is 11.5. The van der Waals surface area contributed by atoms with Crippen LogP contribution in [0.5, 0.6) is 0 Å². The lowest BCUT2D eigenvalue weighted by atomic mass is 9.96. The summed E-state index contributed by atoms with van der Waals surface area (Å²) in [5, 5.41) is 4.45. The molecule has 4 nitrogen and oxygen atoms in total. The van der Waals surface area contributed by atoms with Gasteiger partial charge in [-0.1, -0.05) is 0 Å². The highest BCUT2D eigenvalue weighted by molar-refractivity contribution is 5.82. The van der Waals surface area contributed by atoms with Crippen molar-refractivity contribution < 1.29 is 9.53 Å².